The van der Waals surface area contributed by atoms with E-state index in [1.165, 1.54) is 26.6 Å². The highest BCUT2D eigenvalue weighted by Crippen LogP contribution is 2.36. The largest absolute Gasteiger partial charge is 0.619 e. The molecule has 13 heteroatoms. The normalized spacial score (nSPS) is 19.3. The van der Waals surface area contributed by atoms with Crippen molar-refractivity contribution in [1.29, 1.82) is 0 Å². The number of piperidine rings is 3. The molecule has 5 heterocycles. The van der Waals surface area contributed by atoms with Gasteiger partial charge in [-0.1, -0.05) is 47.5 Å². The van der Waals surface area contributed by atoms with E-state index in [0.717, 1.165) is 38.0 Å². The van der Waals surface area contributed by atoms with Gasteiger partial charge >= 0.3 is 11.9 Å². The van der Waals surface area contributed by atoms with Crippen LogP contribution in [0.4, 0.5) is 0 Å². The maximum atomic E-state index is 13.5. The van der Waals surface area contributed by atoms with Gasteiger partial charge in [0.05, 0.1) is 19.8 Å². The van der Waals surface area contributed by atoms with Crippen LogP contribution in [0.1, 0.15) is 57.6 Å². The average molecular weight is 722 g/mol. The first kappa shape index (κ1) is 35.4. The molecule has 0 aliphatic carbocycles. The van der Waals surface area contributed by atoms with E-state index in [2.05, 4.69) is 15.2 Å². The molecule has 2 aromatic heterocycles. The molecule has 2 unspecified atom stereocenters. The van der Waals surface area contributed by atoms with Crippen LogP contribution in [0.15, 0.2) is 79.4 Å². The molecule has 3 saturated heterocycles. The van der Waals surface area contributed by atoms with Crippen molar-refractivity contribution in [3.05, 3.63) is 122 Å². The number of pyridine rings is 2. The van der Waals surface area contributed by atoms with Gasteiger partial charge in [0.2, 0.25) is 0 Å². The van der Waals surface area contributed by atoms with Crippen molar-refractivity contribution in [3.8, 4) is 11.5 Å². The van der Waals surface area contributed by atoms with E-state index in [4.69, 9.17) is 42.1 Å². The van der Waals surface area contributed by atoms with Crippen LogP contribution in [0, 0.1) is 11.1 Å². The van der Waals surface area contributed by atoms with Crippen molar-refractivity contribution in [2.45, 2.75) is 44.1 Å². The summed E-state index contributed by atoms with van der Waals surface area (Å²) in [6.07, 6.45) is 6.93. The van der Waals surface area contributed by atoms with Gasteiger partial charge in [-0.2, -0.15) is 4.73 Å². The van der Waals surface area contributed by atoms with Gasteiger partial charge in [0.25, 0.3) is 0 Å². The summed E-state index contributed by atoms with van der Waals surface area (Å²) in [5.41, 5.74) is 2.92. The highest BCUT2D eigenvalue weighted by molar-refractivity contribution is 6.35. The van der Waals surface area contributed by atoms with Gasteiger partial charge in [-0.25, -0.2) is 9.59 Å². The minimum atomic E-state index is -0.844. The molecule has 0 saturated carbocycles. The fourth-order valence-electron chi connectivity index (χ4n) is 6.51. The fraction of sp³-hybridized carbons (Fsp3) is 0.351. The predicted molar refractivity (Wildman–Crippen MR) is 186 cm³/mol. The number of nitrogens with one attached hydrogen (secondary N) is 1. The molecular formula is C37H38Cl2N4O7. The van der Waals surface area contributed by atoms with Gasteiger partial charge in [0, 0.05) is 37.5 Å². The van der Waals surface area contributed by atoms with Crippen molar-refractivity contribution in [3.63, 3.8) is 0 Å². The smallest absolute Gasteiger partial charge is 0.338 e. The van der Waals surface area contributed by atoms with Crippen LogP contribution in [-0.2, 0) is 27.2 Å². The number of methoxy groups -OCH3 is 2. The number of fused-ring (bicyclic) bond motifs is 3. The molecule has 3 aliphatic heterocycles. The van der Waals surface area contributed by atoms with Crippen molar-refractivity contribution in [2.75, 3.05) is 33.9 Å². The first-order valence-corrected chi connectivity index (χ1v) is 17.1. The molecule has 2 aromatic carbocycles. The summed E-state index contributed by atoms with van der Waals surface area (Å²) in [6, 6.07) is 15.0. The van der Waals surface area contributed by atoms with Crippen molar-refractivity contribution >= 4 is 35.1 Å². The average Bonchev–Trinajstić information content (AvgIpc) is 3.13. The Bertz CT molecular complexity index is 1780. The zero-order valence-corrected chi connectivity index (χ0v) is 29.2. The molecule has 3 fully saturated rings. The van der Waals surface area contributed by atoms with Crippen LogP contribution >= 0.6 is 23.2 Å². The summed E-state index contributed by atoms with van der Waals surface area (Å²) in [5.74, 6) is 0.431. The van der Waals surface area contributed by atoms with E-state index in [-0.39, 0.29) is 28.5 Å². The molecule has 7 rings (SSSR count). The molecule has 0 spiro atoms. The van der Waals surface area contributed by atoms with E-state index in [1.807, 2.05) is 6.07 Å². The monoisotopic (exact) mass is 720 g/mol. The van der Waals surface area contributed by atoms with E-state index in [9.17, 15) is 14.8 Å². The van der Waals surface area contributed by atoms with Crippen LogP contribution in [0.3, 0.4) is 0 Å². The molecule has 50 heavy (non-hydrogen) atoms. The molecular weight excluding hydrogens is 683 g/mol. The first-order chi connectivity index (χ1) is 24.2. The molecule has 0 amide bonds. The Kier molecular flexibility index (Phi) is 11.4. The molecule has 1 N–H and O–H groups in total. The molecule has 11 nitrogen and oxygen atoms in total. The Morgan fingerprint density at radius 2 is 1.72 bits per heavy atom. The summed E-state index contributed by atoms with van der Waals surface area (Å²) < 4.78 is 23.5. The van der Waals surface area contributed by atoms with Gasteiger partial charge in [-0.3, -0.25) is 15.2 Å². The SMILES string of the molecule is COc1ccc(C(Cc2c(Cl)c[n+]([O-])cc2Cl)OC(=O)c2ccc(CNC(C(=O)O[C@H]3CN4CCC3CC4)c3cccnc3)cc2)cc1OC. The standard InChI is InChI=1S/C37H38Cl2N4O7/c1-47-31-10-9-26(16-33(31)48-2)32(17-28-29(38)20-43(46)21-30(28)39)49-36(44)25-7-5-23(6-8-25)18-41-35(27-4-3-13-40-19-27)37(45)50-34-22-42-14-11-24(34)12-15-42/h3-10,13,16,19-21,24,32,34-35,41H,11-12,14-15,17-18,22H2,1-2H3/t32?,34-,35?/m0/s1. The summed E-state index contributed by atoms with van der Waals surface area (Å²) in [5, 5.41) is 15.5. The van der Waals surface area contributed by atoms with Crippen molar-refractivity contribution < 1.29 is 33.3 Å². The first-order valence-electron chi connectivity index (χ1n) is 16.4. The van der Waals surface area contributed by atoms with E-state index in [0.29, 0.717) is 50.9 Å². The fourth-order valence-corrected chi connectivity index (χ4v) is 7.11. The van der Waals surface area contributed by atoms with Crippen molar-refractivity contribution in [1.82, 2.24) is 15.2 Å². The number of rotatable bonds is 13. The Morgan fingerprint density at radius 1 is 1.00 bits per heavy atom. The minimum Gasteiger partial charge on any atom is -0.619 e. The van der Waals surface area contributed by atoms with Crippen LogP contribution in [0.2, 0.25) is 10.0 Å². The number of halogens is 2. The summed E-state index contributed by atoms with van der Waals surface area (Å²) >= 11 is 12.8. The molecule has 2 bridgehead atoms. The highest BCUT2D eigenvalue weighted by atomic mass is 35.5. The number of esters is 2. The molecule has 3 aliphatic rings. The van der Waals surface area contributed by atoms with Gasteiger partial charge in [0.15, 0.2) is 23.9 Å². The van der Waals surface area contributed by atoms with Crippen LogP contribution in [0.25, 0.3) is 0 Å². The maximum Gasteiger partial charge on any atom is 0.338 e. The third-order valence-corrected chi connectivity index (χ3v) is 9.94. The Labute approximate surface area is 300 Å². The molecule has 4 aromatic rings. The number of benzene rings is 2. The lowest BCUT2D eigenvalue weighted by Gasteiger charge is -2.44. The zero-order valence-electron chi connectivity index (χ0n) is 27.7. The number of carbonyl (C=O) groups excluding carboxylic acids is 2. The second-order valence-corrected chi connectivity index (χ2v) is 13.2. The number of hydrogen-bond donors (Lipinski definition) is 1. The van der Waals surface area contributed by atoms with Crippen LogP contribution in [-0.4, -0.2) is 61.8 Å². The Morgan fingerprint density at radius 3 is 2.34 bits per heavy atom. The van der Waals surface area contributed by atoms with E-state index < -0.39 is 18.1 Å². The third-order valence-electron chi connectivity index (χ3n) is 9.29. The number of ether oxygens (including phenoxy) is 4. The summed E-state index contributed by atoms with van der Waals surface area (Å²) in [4.78, 5) is 33.6. The second-order valence-electron chi connectivity index (χ2n) is 12.4. The van der Waals surface area contributed by atoms with E-state index >= 15 is 0 Å². The predicted octanol–water partition coefficient (Wildman–Crippen LogP) is 5.65. The lowest BCUT2D eigenvalue weighted by molar-refractivity contribution is -0.605. The number of aromatic nitrogens is 2. The second kappa shape index (κ2) is 16.1. The lowest BCUT2D eigenvalue weighted by atomic mass is 9.86. The van der Waals surface area contributed by atoms with Gasteiger partial charge in [0.1, 0.15) is 28.3 Å². The maximum absolute atomic E-state index is 13.5. The van der Waals surface area contributed by atoms with Gasteiger partial charge < -0.3 is 24.2 Å². The molecule has 262 valence electrons. The molecule has 3 atom stereocenters. The zero-order chi connectivity index (χ0) is 35.2. The quantitative estimate of drug-likeness (QED) is 0.105. The Balaban J connectivity index is 1.16. The van der Waals surface area contributed by atoms with Crippen molar-refractivity contribution in [2.24, 2.45) is 5.92 Å². The Hall–Kier alpha value is -4.42. The third kappa shape index (κ3) is 8.30. The minimum absolute atomic E-state index is 0.0905. The lowest BCUT2D eigenvalue weighted by Crippen LogP contribution is -2.52. The van der Waals surface area contributed by atoms with Gasteiger partial charge in [-0.15, -0.1) is 0 Å². The van der Waals surface area contributed by atoms with Gasteiger partial charge in [-0.05, 0) is 78.9 Å². The van der Waals surface area contributed by atoms with E-state index in [1.54, 1.807) is 60.9 Å². The molecule has 0 radical (unpaired) electrons. The highest BCUT2D eigenvalue weighted by Gasteiger charge is 2.38. The van der Waals surface area contributed by atoms with Crippen LogP contribution < -0.4 is 19.5 Å². The number of carbonyl (C=O) groups is 2. The van der Waals surface area contributed by atoms with Crippen LogP contribution in [0.5, 0.6) is 11.5 Å². The summed E-state index contributed by atoms with van der Waals surface area (Å²) in [6.45, 7) is 3.22. The summed E-state index contributed by atoms with van der Waals surface area (Å²) in [7, 11) is 3.04. The number of nitrogens with zero attached hydrogens (tertiary/aromatic N) is 3. The number of hydrogen-bond acceptors (Lipinski definition) is 10. The topological polar surface area (TPSA) is 126 Å².